The topological polar surface area (TPSA) is 45.8 Å². The van der Waals surface area contributed by atoms with Gasteiger partial charge >= 0.3 is 0 Å². The average Bonchev–Trinajstić information content (AvgIpc) is 3.29. The molecule has 0 bridgehead atoms. The molecule has 1 atom stereocenters. The largest absolute Gasteiger partial charge is 0.460 e. The van der Waals surface area contributed by atoms with Crippen molar-refractivity contribution >= 4 is 17.7 Å². The number of carbonyl (C=O) groups is 1. The van der Waals surface area contributed by atoms with Crippen molar-refractivity contribution in [3.05, 3.63) is 89.4 Å². The second-order valence-corrected chi connectivity index (χ2v) is 6.14. The zero-order chi connectivity index (χ0) is 17.2. The van der Waals surface area contributed by atoms with E-state index in [9.17, 15) is 4.79 Å². The Morgan fingerprint density at radius 1 is 1.04 bits per heavy atom. The molecule has 0 saturated heterocycles. The third-order valence-corrected chi connectivity index (χ3v) is 4.41. The van der Waals surface area contributed by atoms with Crippen molar-refractivity contribution in [1.82, 2.24) is 0 Å². The van der Waals surface area contributed by atoms with Crippen molar-refractivity contribution in [2.45, 2.75) is 19.4 Å². The number of rotatable bonds is 4. The Kier molecular flexibility index (Phi) is 3.94. The lowest BCUT2D eigenvalue weighted by atomic mass is 10.0. The summed E-state index contributed by atoms with van der Waals surface area (Å²) in [6.07, 6.45) is 1.62. The fourth-order valence-corrected chi connectivity index (χ4v) is 3.13. The molecular weight excluding hydrogens is 312 g/mol. The van der Waals surface area contributed by atoms with Gasteiger partial charge in [-0.3, -0.25) is 9.80 Å². The number of anilines is 1. The first-order chi connectivity index (χ1) is 12.2. The van der Waals surface area contributed by atoms with E-state index in [1.54, 1.807) is 0 Å². The summed E-state index contributed by atoms with van der Waals surface area (Å²) in [5.41, 5.74) is 3.74. The Bertz CT molecular complexity index is 911. The zero-order valence-corrected chi connectivity index (χ0v) is 13.9. The van der Waals surface area contributed by atoms with Crippen molar-refractivity contribution in [1.29, 1.82) is 0 Å². The Hall–Kier alpha value is -3.14. The number of carbonyl (C=O) groups excluding carboxylic acids is 1. The standard InChI is InChI=1S/C21H18N2O2/c1-15-7-12-21(25-15)19-13-20(17-5-3-2-4-6-17)23(22-19)18-10-8-16(14-24)9-11-18/h2-12,14,20H,13H2,1H3. The maximum absolute atomic E-state index is 10.9. The number of furan rings is 1. The van der Waals surface area contributed by atoms with E-state index < -0.39 is 0 Å². The van der Waals surface area contributed by atoms with Crippen molar-refractivity contribution in [2.75, 3.05) is 5.01 Å². The van der Waals surface area contributed by atoms with Crippen LogP contribution in [-0.2, 0) is 0 Å². The third kappa shape index (κ3) is 2.98. The van der Waals surface area contributed by atoms with E-state index in [0.717, 1.165) is 35.6 Å². The molecular formula is C21H18N2O2. The number of nitrogens with zero attached hydrogens (tertiary/aromatic N) is 2. The first-order valence-corrected chi connectivity index (χ1v) is 8.28. The lowest BCUT2D eigenvalue weighted by Gasteiger charge is -2.24. The van der Waals surface area contributed by atoms with Gasteiger partial charge in [-0.15, -0.1) is 0 Å². The number of benzene rings is 2. The van der Waals surface area contributed by atoms with Crippen LogP contribution in [0.4, 0.5) is 5.69 Å². The number of aldehydes is 1. The van der Waals surface area contributed by atoms with Crippen LogP contribution in [0.2, 0.25) is 0 Å². The molecule has 0 N–H and O–H groups in total. The summed E-state index contributed by atoms with van der Waals surface area (Å²) in [6.45, 7) is 1.93. The predicted molar refractivity (Wildman–Crippen MR) is 98.1 cm³/mol. The highest BCUT2D eigenvalue weighted by Gasteiger charge is 2.31. The highest BCUT2D eigenvalue weighted by molar-refractivity contribution is 6.01. The van der Waals surface area contributed by atoms with Crippen molar-refractivity contribution in [3.63, 3.8) is 0 Å². The number of hydrazone groups is 1. The quantitative estimate of drug-likeness (QED) is 0.648. The molecule has 1 aliphatic heterocycles. The molecule has 4 rings (SSSR count). The highest BCUT2D eigenvalue weighted by atomic mass is 16.3. The van der Waals surface area contributed by atoms with Crippen LogP contribution in [0.15, 0.2) is 76.2 Å². The van der Waals surface area contributed by atoms with Gasteiger partial charge in [-0.2, -0.15) is 5.10 Å². The molecule has 0 amide bonds. The van der Waals surface area contributed by atoms with Gasteiger partial charge in [0.15, 0.2) is 0 Å². The fraction of sp³-hybridized carbons (Fsp3) is 0.143. The highest BCUT2D eigenvalue weighted by Crippen LogP contribution is 2.36. The van der Waals surface area contributed by atoms with Gasteiger partial charge in [-0.25, -0.2) is 0 Å². The molecule has 1 unspecified atom stereocenters. The van der Waals surface area contributed by atoms with Crippen LogP contribution >= 0.6 is 0 Å². The van der Waals surface area contributed by atoms with E-state index in [0.29, 0.717) is 5.56 Å². The summed E-state index contributed by atoms with van der Waals surface area (Å²) < 4.78 is 5.77. The van der Waals surface area contributed by atoms with Crippen LogP contribution in [0.25, 0.3) is 0 Å². The van der Waals surface area contributed by atoms with Gasteiger partial charge in [0.05, 0.1) is 11.7 Å². The maximum atomic E-state index is 10.9. The molecule has 3 aromatic rings. The minimum atomic E-state index is 0.101. The summed E-state index contributed by atoms with van der Waals surface area (Å²) in [4.78, 5) is 10.9. The van der Waals surface area contributed by atoms with E-state index in [1.165, 1.54) is 5.56 Å². The fourth-order valence-electron chi connectivity index (χ4n) is 3.13. The first-order valence-electron chi connectivity index (χ1n) is 8.28. The van der Waals surface area contributed by atoms with Gasteiger partial charge in [-0.05, 0) is 48.9 Å². The Morgan fingerprint density at radius 2 is 1.80 bits per heavy atom. The monoisotopic (exact) mass is 330 g/mol. The van der Waals surface area contributed by atoms with Crippen LogP contribution in [0, 0.1) is 6.92 Å². The van der Waals surface area contributed by atoms with Crippen molar-refractivity contribution in [3.8, 4) is 0 Å². The summed E-state index contributed by atoms with van der Waals surface area (Å²) in [7, 11) is 0. The van der Waals surface area contributed by atoms with Gasteiger partial charge in [0.2, 0.25) is 0 Å². The molecule has 1 aliphatic rings. The summed E-state index contributed by atoms with van der Waals surface area (Å²) in [6, 6.07) is 21.8. The lowest BCUT2D eigenvalue weighted by molar-refractivity contribution is 0.112. The smallest absolute Gasteiger partial charge is 0.150 e. The third-order valence-electron chi connectivity index (χ3n) is 4.41. The molecule has 4 nitrogen and oxygen atoms in total. The molecule has 0 fully saturated rings. The summed E-state index contributed by atoms with van der Waals surface area (Å²) in [5.74, 6) is 1.69. The SMILES string of the molecule is Cc1ccc(C2=NN(c3ccc(C=O)cc3)C(c3ccccc3)C2)o1. The van der Waals surface area contributed by atoms with Gasteiger partial charge in [0, 0.05) is 12.0 Å². The lowest BCUT2D eigenvalue weighted by Crippen LogP contribution is -2.18. The second kappa shape index (κ2) is 6.40. The number of hydrogen-bond donors (Lipinski definition) is 0. The normalized spacial score (nSPS) is 16.8. The van der Waals surface area contributed by atoms with Crippen molar-refractivity contribution < 1.29 is 9.21 Å². The van der Waals surface area contributed by atoms with Crippen LogP contribution in [-0.4, -0.2) is 12.0 Å². The van der Waals surface area contributed by atoms with E-state index in [-0.39, 0.29) is 6.04 Å². The minimum absolute atomic E-state index is 0.101. The molecule has 25 heavy (non-hydrogen) atoms. The van der Waals surface area contributed by atoms with Gasteiger partial charge in [0.1, 0.15) is 23.5 Å². The minimum Gasteiger partial charge on any atom is -0.460 e. The molecule has 124 valence electrons. The molecule has 2 aromatic carbocycles. The van der Waals surface area contributed by atoms with E-state index >= 15 is 0 Å². The summed E-state index contributed by atoms with van der Waals surface area (Å²) >= 11 is 0. The zero-order valence-electron chi connectivity index (χ0n) is 13.9. The molecule has 0 saturated carbocycles. The van der Waals surface area contributed by atoms with Gasteiger partial charge in [-0.1, -0.05) is 30.3 Å². The molecule has 0 aliphatic carbocycles. The van der Waals surface area contributed by atoms with Crippen LogP contribution in [0.5, 0.6) is 0 Å². The molecule has 2 heterocycles. The summed E-state index contributed by atoms with van der Waals surface area (Å²) in [5, 5.41) is 6.83. The maximum Gasteiger partial charge on any atom is 0.150 e. The predicted octanol–water partition coefficient (Wildman–Crippen LogP) is 4.76. The van der Waals surface area contributed by atoms with E-state index in [2.05, 4.69) is 12.1 Å². The molecule has 0 spiro atoms. The number of hydrogen-bond acceptors (Lipinski definition) is 4. The van der Waals surface area contributed by atoms with Crippen LogP contribution in [0.1, 0.15) is 39.9 Å². The Morgan fingerprint density at radius 3 is 2.44 bits per heavy atom. The van der Waals surface area contributed by atoms with Crippen LogP contribution < -0.4 is 5.01 Å². The Labute approximate surface area is 146 Å². The molecule has 4 heteroatoms. The van der Waals surface area contributed by atoms with E-state index in [1.807, 2.05) is 66.5 Å². The van der Waals surface area contributed by atoms with Crippen molar-refractivity contribution in [2.24, 2.45) is 5.10 Å². The van der Waals surface area contributed by atoms with Gasteiger partial charge in [0.25, 0.3) is 0 Å². The first kappa shape index (κ1) is 15.4. The van der Waals surface area contributed by atoms with Crippen LogP contribution in [0.3, 0.4) is 0 Å². The van der Waals surface area contributed by atoms with Gasteiger partial charge < -0.3 is 4.42 Å². The number of aryl methyl sites for hydroxylation is 1. The van der Waals surface area contributed by atoms with E-state index in [4.69, 9.17) is 9.52 Å². The Balaban J connectivity index is 1.74. The average molecular weight is 330 g/mol. The molecule has 0 radical (unpaired) electrons. The molecule has 1 aromatic heterocycles. The second-order valence-electron chi connectivity index (χ2n) is 6.14.